The minimum Gasteiger partial charge on any atom is -1.00 e. The zero-order valence-electron chi connectivity index (χ0n) is 6.68. The van der Waals surface area contributed by atoms with Crippen molar-refractivity contribution >= 4 is 0 Å². The van der Waals surface area contributed by atoms with Crippen molar-refractivity contribution in [1.29, 1.82) is 0 Å². The molecule has 1 heterocycles. The Morgan fingerprint density at radius 2 is 2.00 bits per heavy atom. The highest BCUT2D eigenvalue weighted by atomic mass is 127. The molecule has 1 rings (SSSR count). The molecule has 1 N–H and O–H groups in total. The average molecular weight is 257 g/mol. The largest absolute Gasteiger partial charge is 1.00 e. The van der Waals surface area contributed by atoms with Crippen LogP contribution in [-0.2, 0) is 0 Å². The second kappa shape index (κ2) is 3.88. The van der Waals surface area contributed by atoms with Crippen molar-refractivity contribution in [2.45, 2.75) is 18.9 Å². The van der Waals surface area contributed by atoms with E-state index in [1.165, 1.54) is 13.0 Å². The van der Waals surface area contributed by atoms with Crippen LogP contribution in [0.1, 0.15) is 12.8 Å². The fourth-order valence-corrected chi connectivity index (χ4v) is 1.51. The Kier molecular flexibility index (Phi) is 4.13. The number of rotatable bonds is 0. The van der Waals surface area contributed by atoms with Gasteiger partial charge in [0.25, 0.3) is 0 Å². The zero-order valence-corrected chi connectivity index (χ0v) is 8.84. The molecule has 0 aromatic rings. The van der Waals surface area contributed by atoms with E-state index in [1.807, 2.05) is 0 Å². The van der Waals surface area contributed by atoms with Gasteiger partial charge in [-0.05, 0) is 12.8 Å². The predicted molar refractivity (Wildman–Crippen MR) is 37.1 cm³/mol. The summed E-state index contributed by atoms with van der Waals surface area (Å²) in [4.78, 5) is 0. The van der Waals surface area contributed by atoms with E-state index in [0.717, 1.165) is 17.4 Å². The van der Waals surface area contributed by atoms with Gasteiger partial charge in [-0.3, -0.25) is 0 Å². The lowest BCUT2D eigenvalue weighted by Crippen LogP contribution is -3.00. The Labute approximate surface area is 79.8 Å². The summed E-state index contributed by atoms with van der Waals surface area (Å²) in [6, 6.07) is 0. The minimum atomic E-state index is -0.0475. The molecule has 1 saturated heterocycles. The van der Waals surface area contributed by atoms with Gasteiger partial charge >= 0.3 is 0 Å². The lowest BCUT2D eigenvalue weighted by molar-refractivity contribution is -0.898. The fraction of sp³-hybridized carbons (Fsp3) is 1.00. The van der Waals surface area contributed by atoms with Gasteiger partial charge in [0.05, 0.1) is 20.6 Å². The van der Waals surface area contributed by atoms with Crippen LogP contribution in [0.5, 0.6) is 0 Å². The third kappa shape index (κ3) is 3.16. The molecule has 0 aromatic carbocycles. The average Bonchev–Trinajstić information content (AvgIpc) is 1.60. The number of nitrogens with zero attached hydrogens (tertiary/aromatic N) is 1. The maximum atomic E-state index is 9.23. The van der Waals surface area contributed by atoms with Crippen LogP contribution in [0.15, 0.2) is 0 Å². The second-order valence-electron chi connectivity index (χ2n) is 3.64. The Hall–Kier alpha value is 0.650. The molecule has 1 unspecified atom stereocenters. The summed E-state index contributed by atoms with van der Waals surface area (Å²) in [5.41, 5.74) is 0. The fourth-order valence-electron chi connectivity index (χ4n) is 1.51. The number of hydrogen-bond donors (Lipinski definition) is 1. The molecule has 3 heteroatoms. The molecule has 0 bridgehead atoms. The van der Waals surface area contributed by atoms with E-state index in [2.05, 4.69) is 14.1 Å². The van der Waals surface area contributed by atoms with Crippen molar-refractivity contribution in [1.82, 2.24) is 0 Å². The molecule has 1 atom stereocenters. The number of piperidine rings is 1. The molecule has 1 fully saturated rings. The molecule has 1 aliphatic heterocycles. The number of quaternary nitrogens is 1. The van der Waals surface area contributed by atoms with Crippen molar-refractivity contribution in [2.24, 2.45) is 0 Å². The number of likely N-dealkylation sites (N-methyl/N-ethyl adjacent to an activating group) is 1. The first-order chi connectivity index (χ1) is 4.10. The number of hydrogen-bond acceptors (Lipinski definition) is 1. The van der Waals surface area contributed by atoms with Gasteiger partial charge in [0.2, 0.25) is 0 Å². The molecule has 62 valence electrons. The maximum absolute atomic E-state index is 9.23. The lowest BCUT2D eigenvalue weighted by Gasteiger charge is -2.35. The highest BCUT2D eigenvalue weighted by Gasteiger charge is 2.24. The molecule has 0 amide bonds. The van der Waals surface area contributed by atoms with Crippen molar-refractivity contribution in [3.63, 3.8) is 0 Å². The summed E-state index contributed by atoms with van der Waals surface area (Å²) < 4.78 is 0.987. The third-order valence-corrected chi connectivity index (χ3v) is 2.01. The van der Waals surface area contributed by atoms with E-state index in [9.17, 15) is 5.11 Å². The van der Waals surface area contributed by atoms with Crippen LogP contribution in [0.3, 0.4) is 0 Å². The van der Waals surface area contributed by atoms with Gasteiger partial charge in [0.1, 0.15) is 12.6 Å². The lowest BCUT2D eigenvalue weighted by atomic mass is 10.1. The van der Waals surface area contributed by atoms with Crippen molar-refractivity contribution < 1.29 is 33.6 Å². The Balaban J connectivity index is 0.000000810. The van der Waals surface area contributed by atoms with E-state index >= 15 is 0 Å². The van der Waals surface area contributed by atoms with Gasteiger partial charge in [0.15, 0.2) is 0 Å². The highest BCUT2D eigenvalue weighted by Crippen LogP contribution is 2.13. The molecule has 0 spiro atoms. The van der Waals surface area contributed by atoms with Crippen molar-refractivity contribution in [2.75, 3.05) is 27.2 Å². The summed E-state index contributed by atoms with van der Waals surface area (Å²) in [6.07, 6.45) is 2.13. The SMILES string of the molecule is C[N+]1(C)CCCC(O)C1.[I-]. The van der Waals surface area contributed by atoms with Crippen LogP contribution >= 0.6 is 0 Å². The number of aliphatic hydroxyl groups excluding tert-OH is 1. The van der Waals surface area contributed by atoms with Crippen LogP contribution in [-0.4, -0.2) is 42.9 Å². The van der Waals surface area contributed by atoms with Gasteiger partial charge in [-0.15, -0.1) is 0 Å². The van der Waals surface area contributed by atoms with Crippen LogP contribution in [0.25, 0.3) is 0 Å². The van der Waals surface area contributed by atoms with Gasteiger partial charge in [-0.1, -0.05) is 0 Å². The smallest absolute Gasteiger partial charge is 0.105 e. The summed E-state index contributed by atoms with van der Waals surface area (Å²) in [5.74, 6) is 0. The first-order valence-electron chi connectivity index (χ1n) is 3.60. The third-order valence-electron chi connectivity index (χ3n) is 2.01. The van der Waals surface area contributed by atoms with E-state index < -0.39 is 0 Å². The molecule has 0 saturated carbocycles. The van der Waals surface area contributed by atoms with E-state index in [4.69, 9.17) is 0 Å². The topological polar surface area (TPSA) is 20.2 Å². The monoisotopic (exact) mass is 257 g/mol. The van der Waals surface area contributed by atoms with E-state index in [1.54, 1.807) is 0 Å². The summed E-state index contributed by atoms with van der Waals surface area (Å²) in [6.45, 7) is 2.15. The molecule has 1 aliphatic rings. The van der Waals surface area contributed by atoms with E-state index in [0.29, 0.717) is 0 Å². The van der Waals surface area contributed by atoms with Crippen LogP contribution in [0, 0.1) is 0 Å². The molecular formula is C7H16INO. The standard InChI is InChI=1S/C7H16NO.HI/c1-8(2)5-3-4-7(9)6-8;/h7,9H,3-6H2,1-2H3;1H/q+1;/p-1. The number of likely N-dealkylation sites (tertiary alicyclic amines) is 1. The Morgan fingerprint density at radius 1 is 1.40 bits per heavy atom. The predicted octanol–water partition coefficient (Wildman–Crippen LogP) is -2.78. The zero-order chi connectivity index (χ0) is 6.91. The molecular weight excluding hydrogens is 241 g/mol. The molecule has 10 heavy (non-hydrogen) atoms. The summed E-state index contributed by atoms with van der Waals surface area (Å²) in [5, 5.41) is 9.23. The molecule has 0 aliphatic carbocycles. The van der Waals surface area contributed by atoms with Crippen molar-refractivity contribution in [3.05, 3.63) is 0 Å². The maximum Gasteiger partial charge on any atom is 0.105 e. The van der Waals surface area contributed by atoms with Crippen LogP contribution in [0.2, 0.25) is 0 Å². The van der Waals surface area contributed by atoms with Gasteiger partial charge in [0, 0.05) is 0 Å². The Morgan fingerprint density at radius 3 is 2.30 bits per heavy atom. The Bertz CT molecular complexity index is 106. The summed E-state index contributed by atoms with van der Waals surface area (Å²) >= 11 is 0. The second-order valence-corrected chi connectivity index (χ2v) is 3.64. The van der Waals surface area contributed by atoms with Crippen molar-refractivity contribution in [3.8, 4) is 0 Å². The first kappa shape index (κ1) is 10.7. The number of aliphatic hydroxyl groups is 1. The van der Waals surface area contributed by atoms with Gasteiger partial charge in [-0.2, -0.15) is 0 Å². The molecule has 2 nitrogen and oxygen atoms in total. The van der Waals surface area contributed by atoms with E-state index in [-0.39, 0.29) is 30.1 Å². The molecule has 0 radical (unpaired) electrons. The van der Waals surface area contributed by atoms with Crippen LogP contribution < -0.4 is 24.0 Å². The van der Waals surface area contributed by atoms with Gasteiger partial charge < -0.3 is 33.6 Å². The first-order valence-corrected chi connectivity index (χ1v) is 3.60. The number of halogens is 1. The minimum absolute atomic E-state index is 0. The highest BCUT2D eigenvalue weighted by molar-refractivity contribution is 4.59. The summed E-state index contributed by atoms with van der Waals surface area (Å²) in [7, 11) is 4.34. The van der Waals surface area contributed by atoms with Gasteiger partial charge in [-0.25, -0.2) is 0 Å². The molecule has 0 aromatic heterocycles. The van der Waals surface area contributed by atoms with Crippen LogP contribution in [0.4, 0.5) is 0 Å². The quantitative estimate of drug-likeness (QED) is 0.368. The normalized spacial score (nSPS) is 30.9.